The number of aliphatic carboxylic acids is 1. The number of aliphatic hydroxyl groups excluding tert-OH is 1. The molecule has 0 bridgehead atoms. The molecule has 4 nitrogen and oxygen atoms in total. The number of hydrogen-bond acceptors (Lipinski definition) is 3. The van der Waals surface area contributed by atoms with E-state index in [1.165, 1.54) is 0 Å². The molecular weight excluding hydrogens is 244 g/mol. The fourth-order valence-corrected chi connectivity index (χ4v) is 2.67. The summed E-state index contributed by atoms with van der Waals surface area (Å²) in [6.45, 7) is 1.93. The molecule has 3 atom stereocenters. The van der Waals surface area contributed by atoms with Gasteiger partial charge in [-0.05, 0) is 26.2 Å². The van der Waals surface area contributed by atoms with E-state index in [9.17, 15) is 19.8 Å². The summed E-state index contributed by atoms with van der Waals surface area (Å²) < 4.78 is 0. The molecule has 0 amide bonds. The highest BCUT2D eigenvalue weighted by atomic mass is 16.4. The number of benzene rings is 1. The molecular formula is C15H18O4. The van der Waals surface area contributed by atoms with Crippen molar-refractivity contribution in [2.45, 2.75) is 32.3 Å². The molecule has 1 fully saturated rings. The smallest absolute Gasteiger partial charge is 0.307 e. The molecule has 0 unspecified atom stereocenters. The number of carbonyl (C=O) groups is 2. The van der Waals surface area contributed by atoms with Gasteiger partial charge in [-0.25, -0.2) is 0 Å². The number of carboxylic acid groups (broad SMARTS) is 1. The second-order valence-electron chi connectivity index (χ2n) is 5.25. The predicted octanol–water partition coefficient (Wildman–Crippen LogP) is 2.04. The fourth-order valence-electron chi connectivity index (χ4n) is 2.67. The molecule has 0 aromatic heterocycles. The van der Waals surface area contributed by atoms with Crippen LogP contribution in [0, 0.1) is 18.8 Å². The normalized spacial score (nSPS) is 26.9. The third kappa shape index (κ3) is 3.01. The minimum atomic E-state index is -0.947. The van der Waals surface area contributed by atoms with Crippen LogP contribution in [0.3, 0.4) is 0 Å². The minimum Gasteiger partial charge on any atom is -0.481 e. The van der Waals surface area contributed by atoms with Crippen LogP contribution in [0.5, 0.6) is 0 Å². The number of aliphatic hydroxyl groups is 1. The van der Waals surface area contributed by atoms with Crippen LogP contribution in [-0.2, 0) is 4.79 Å². The molecule has 2 rings (SSSR count). The van der Waals surface area contributed by atoms with Crippen LogP contribution in [0.1, 0.15) is 35.2 Å². The van der Waals surface area contributed by atoms with E-state index in [0.29, 0.717) is 18.4 Å². The highest BCUT2D eigenvalue weighted by molar-refractivity contribution is 6.00. The van der Waals surface area contributed by atoms with Crippen molar-refractivity contribution in [2.24, 2.45) is 11.8 Å². The molecule has 1 aliphatic carbocycles. The van der Waals surface area contributed by atoms with Gasteiger partial charge in [-0.3, -0.25) is 9.59 Å². The Labute approximate surface area is 112 Å². The van der Waals surface area contributed by atoms with Crippen LogP contribution in [0.25, 0.3) is 0 Å². The summed E-state index contributed by atoms with van der Waals surface area (Å²) >= 11 is 0. The average molecular weight is 262 g/mol. The van der Waals surface area contributed by atoms with E-state index in [1.54, 1.807) is 12.1 Å². The molecule has 0 aliphatic heterocycles. The molecule has 1 aromatic rings. The molecule has 1 aromatic carbocycles. The van der Waals surface area contributed by atoms with Crippen molar-refractivity contribution in [1.82, 2.24) is 0 Å². The van der Waals surface area contributed by atoms with Gasteiger partial charge in [-0.15, -0.1) is 0 Å². The topological polar surface area (TPSA) is 74.6 Å². The zero-order valence-electron chi connectivity index (χ0n) is 10.9. The lowest BCUT2D eigenvalue weighted by Gasteiger charge is -2.30. The number of Topliss-reactive ketones (excluding diaryl/α,β-unsaturated/α-hetero) is 1. The molecule has 2 N–H and O–H groups in total. The van der Waals surface area contributed by atoms with Gasteiger partial charge in [-0.1, -0.05) is 29.8 Å². The number of ketones is 1. The Hall–Kier alpha value is -1.68. The predicted molar refractivity (Wildman–Crippen MR) is 70.0 cm³/mol. The summed E-state index contributed by atoms with van der Waals surface area (Å²) in [4.78, 5) is 23.6. The van der Waals surface area contributed by atoms with Gasteiger partial charge in [0.15, 0.2) is 5.78 Å². The number of carboxylic acids is 1. The van der Waals surface area contributed by atoms with E-state index in [1.807, 2.05) is 19.1 Å². The molecule has 1 aliphatic rings. The van der Waals surface area contributed by atoms with Crippen LogP contribution in [0.4, 0.5) is 0 Å². The molecule has 0 spiro atoms. The van der Waals surface area contributed by atoms with Crippen LogP contribution >= 0.6 is 0 Å². The Morgan fingerprint density at radius 2 is 1.74 bits per heavy atom. The molecule has 102 valence electrons. The van der Waals surface area contributed by atoms with Gasteiger partial charge in [-0.2, -0.15) is 0 Å². The second kappa shape index (κ2) is 5.53. The van der Waals surface area contributed by atoms with Gasteiger partial charge in [0.2, 0.25) is 0 Å². The molecule has 4 heteroatoms. The van der Waals surface area contributed by atoms with Crippen molar-refractivity contribution in [3.8, 4) is 0 Å². The number of aryl methyl sites for hydroxylation is 1. The van der Waals surface area contributed by atoms with E-state index in [4.69, 9.17) is 0 Å². The van der Waals surface area contributed by atoms with Crippen LogP contribution in [-0.4, -0.2) is 28.1 Å². The molecule has 19 heavy (non-hydrogen) atoms. The van der Waals surface area contributed by atoms with Crippen molar-refractivity contribution in [2.75, 3.05) is 0 Å². The van der Waals surface area contributed by atoms with Crippen LogP contribution < -0.4 is 0 Å². The van der Waals surface area contributed by atoms with Crippen molar-refractivity contribution in [3.63, 3.8) is 0 Å². The Morgan fingerprint density at radius 3 is 2.32 bits per heavy atom. The first kappa shape index (κ1) is 13.7. The van der Waals surface area contributed by atoms with Gasteiger partial charge in [0.05, 0.1) is 12.0 Å². The maximum atomic E-state index is 12.4. The first-order chi connectivity index (χ1) is 8.99. The van der Waals surface area contributed by atoms with Gasteiger partial charge in [0, 0.05) is 11.5 Å². The zero-order chi connectivity index (χ0) is 14.0. The largest absolute Gasteiger partial charge is 0.481 e. The summed E-state index contributed by atoms with van der Waals surface area (Å²) in [5.41, 5.74) is 1.57. The van der Waals surface area contributed by atoms with E-state index in [0.717, 1.165) is 5.56 Å². The van der Waals surface area contributed by atoms with Gasteiger partial charge < -0.3 is 10.2 Å². The summed E-state index contributed by atoms with van der Waals surface area (Å²) in [6.07, 6.45) is 0.479. The Balaban J connectivity index is 2.23. The van der Waals surface area contributed by atoms with Crippen LogP contribution in [0.15, 0.2) is 24.3 Å². The molecule has 0 heterocycles. The summed E-state index contributed by atoms with van der Waals surface area (Å²) in [6, 6.07) is 7.11. The van der Waals surface area contributed by atoms with Crippen molar-refractivity contribution in [1.29, 1.82) is 0 Å². The highest BCUT2D eigenvalue weighted by Crippen LogP contribution is 2.33. The van der Waals surface area contributed by atoms with Crippen LogP contribution in [0.2, 0.25) is 0 Å². The first-order valence-electron chi connectivity index (χ1n) is 6.51. The monoisotopic (exact) mass is 262 g/mol. The quantitative estimate of drug-likeness (QED) is 0.817. The van der Waals surface area contributed by atoms with Gasteiger partial charge in [0.1, 0.15) is 0 Å². The van der Waals surface area contributed by atoms with E-state index < -0.39 is 23.9 Å². The Bertz CT molecular complexity index is 477. The zero-order valence-corrected chi connectivity index (χ0v) is 10.9. The van der Waals surface area contributed by atoms with Crippen molar-refractivity contribution in [3.05, 3.63) is 35.4 Å². The molecule has 1 saturated carbocycles. The van der Waals surface area contributed by atoms with E-state index in [-0.39, 0.29) is 12.2 Å². The lowest BCUT2D eigenvalue weighted by molar-refractivity contribution is -0.145. The lowest BCUT2D eigenvalue weighted by atomic mass is 9.74. The third-order valence-electron chi connectivity index (χ3n) is 3.81. The number of hydrogen-bond donors (Lipinski definition) is 2. The van der Waals surface area contributed by atoms with Gasteiger partial charge >= 0.3 is 5.97 Å². The molecule has 0 saturated heterocycles. The summed E-state index contributed by atoms with van der Waals surface area (Å²) in [5, 5.41) is 18.9. The fraction of sp³-hybridized carbons (Fsp3) is 0.467. The molecule has 0 radical (unpaired) electrons. The average Bonchev–Trinajstić information content (AvgIpc) is 2.38. The van der Waals surface area contributed by atoms with Crippen molar-refractivity contribution >= 4 is 11.8 Å². The Morgan fingerprint density at radius 1 is 1.11 bits per heavy atom. The standard InChI is InChI=1S/C15H18O4/c1-9-2-4-10(5-3-9)14(17)13-8-11(16)6-7-12(13)15(18)19/h2-5,11-13,16H,6-8H2,1H3,(H,18,19)/t11-,12+,13-/m0/s1. The maximum Gasteiger partial charge on any atom is 0.307 e. The van der Waals surface area contributed by atoms with E-state index >= 15 is 0 Å². The number of carbonyl (C=O) groups excluding carboxylic acids is 1. The first-order valence-corrected chi connectivity index (χ1v) is 6.51. The summed E-state index contributed by atoms with van der Waals surface area (Å²) in [5.74, 6) is -2.43. The van der Waals surface area contributed by atoms with E-state index in [2.05, 4.69) is 0 Å². The van der Waals surface area contributed by atoms with Crippen molar-refractivity contribution < 1.29 is 19.8 Å². The minimum absolute atomic E-state index is 0.175. The second-order valence-corrected chi connectivity index (χ2v) is 5.25. The van der Waals surface area contributed by atoms with Gasteiger partial charge in [0.25, 0.3) is 0 Å². The highest BCUT2D eigenvalue weighted by Gasteiger charge is 2.38. The SMILES string of the molecule is Cc1ccc(C(=O)[C@H]2C[C@@H](O)CC[C@H]2C(=O)O)cc1. The third-order valence-corrected chi connectivity index (χ3v) is 3.81. The lowest BCUT2D eigenvalue weighted by Crippen LogP contribution is -2.37. The maximum absolute atomic E-state index is 12.4. The Kier molecular flexibility index (Phi) is 4.00. The number of rotatable bonds is 3. The summed E-state index contributed by atoms with van der Waals surface area (Å²) in [7, 11) is 0.